The first kappa shape index (κ1) is 11.8. The zero-order valence-electron chi connectivity index (χ0n) is 8.59. The Kier molecular flexibility index (Phi) is 5.26. The molecule has 1 aliphatic rings. The van der Waals surface area contributed by atoms with E-state index in [1.165, 1.54) is 0 Å². The van der Waals surface area contributed by atoms with Crippen molar-refractivity contribution < 1.29 is 9.53 Å². The molecule has 1 N–H and O–H groups in total. The third-order valence-electron chi connectivity index (χ3n) is 2.37. The maximum atomic E-state index is 11.4. The van der Waals surface area contributed by atoms with Gasteiger partial charge in [0.2, 0.25) is 0 Å². The lowest BCUT2D eigenvalue weighted by atomic mass is 10.2. The van der Waals surface area contributed by atoms with E-state index >= 15 is 0 Å². The van der Waals surface area contributed by atoms with Crippen LogP contribution < -0.4 is 5.32 Å². The van der Waals surface area contributed by atoms with Gasteiger partial charge < -0.3 is 10.1 Å². The molecule has 1 aliphatic heterocycles. The second-order valence-electron chi connectivity index (χ2n) is 3.64. The molecule has 1 heterocycles. The zero-order chi connectivity index (χ0) is 10.4. The molecule has 0 saturated carbocycles. The fourth-order valence-corrected chi connectivity index (χ4v) is 1.76. The van der Waals surface area contributed by atoms with Crippen molar-refractivity contribution in [1.82, 2.24) is 5.32 Å². The smallest absolute Gasteiger partial charge is 0.324 e. The average Bonchev–Trinajstić information content (AvgIpc) is 2.67. The molecule has 1 unspecified atom stereocenters. The van der Waals surface area contributed by atoms with Gasteiger partial charge in [0.25, 0.3) is 0 Å². The highest BCUT2D eigenvalue weighted by molar-refractivity contribution is 6.20. The van der Waals surface area contributed by atoms with Gasteiger partial charge in [-0.2, -0.15) is 0 Å². The van der Waals surface area contributed by atoms with Crippen LogP contribution in [0.4, 0.5) is 0 Å². The molecule has 0 aliphatic carbocycles. The number of nitrogens with one attached hydrogen (secondary N) is 1. The number of halogens is 1. The third-order valence-corrected chi connectivity index (χ3v) is 2.68. The summed E-state index contributed by atoms with van der Waals surface area (Å²) in [5.41, 5.74) is -0.454. The van der Waals surface area contributed by atoms with E-state index in [1.807, 2.05) is 0 Å². The van der Waals surface area contributed by atoms with Gasteiger partial charge in [-0.25, -0.2) is 0 Å². The van der Waals surface area contributed by atoms with Crippen LogP contribution in [0.5, 0.6) is 0 Å². The fraction of sp³-hybridized carbons (Fsp3) is 0.900. The minimum Gasteiger partial charge on any atom is -0.445 e. The maximum Gasteiger partial charge on any atom is 0.324 e. The van der Waals surface area contributed by atoms with Crippen molar-refractivity contribution in [3.05, 3.63) is 0 Å². The lowest BCUT2D eigenvalue weighted by Crippen LogP contribution is -2.33. The molecule has 4 heteroatoms. The van der Waals surface area contributed by atoms with Gasteiger partial charge in [-0.3, -0.25) is 4.79 Å². The molecule has 0 amide bonds. The standard InChI is InChI=1S/C10H18ClNO2/c1-2-3-6-9(11)14-10(13)8-5-4-7-12-8/h8-9,12H,2-7H2,1H3/t8-,9?/m0/s1. The number of hydrogen-bond donors (Lipinski definition) is 1. The molecule has 1 rings (SSSR count). The van der Waals surface area contributed by atoms with E-state index in [0.29, 0.717) is 0 Å². The van der Waals surface area contributed by atoms with Crippen LogP contribution in [0.15, 0.2) is 0 Å². The lowest BCUT2D eigenvalue weighted by molar-refractivity contribution is -0.147. The Morgan fingerprint density at radius 3 is 3.07 bits per heavy atom. The molecule has 0 radical (unpaired) electrons. The molecular formula is C10H18ClNO2. The van der Waals surface area contributed by atoms with Gasteiger partial charge in [-0.15, -0.1) is 0 Å². The van der Waals surface area contributed by atoms with Crippen molar-refractivity contribution in [2.75, 3.05) is 6.54 Å². The third kappa shape index (κ3) is 3.84. The molecule has 0 spiro atoms. The van der Waals surface area contributed by atoms with Crippen LogP contribution in [0.3, 0.4) is 0 Å². The van der Waals surface area contributed by atoms with Crippen molar-refractivity contribution in [2.45, 2.75) is 50.6 Å². The Morgan fingerprint density at radius 2 is 2.50 bits per heavy atom. The lowest BCUT2D eigenvalue weighted by Gasteiger charge is -2.14. The van der Waals surface area contributed by atoms with E-state index in [9.17, 15) is 4.79 Å². The summed E-state index contributed by atoms with van der Waals surface area (Å²) in [5.74, 6) is -0.196. The molecule has 0 aromatic carbocycles. The highest BCUT2D eigenvalue weighted by atomic mass is 35.5. The highest BCUT2D eigenvalue weighted by Crippen LogP contribution is 2.13. The molecular weight excluding hydrogens is 202 g/mol. The number of unbranched alkanes of at least 4 members (excludes halogenated alkanes) is 1. The van der Waals surface area contributed by atoms with Crippen molar-refractivity contribution in [3.63, 3.8) is 0 Å². The quantitative estimate of drug-likeness (QED) is 0.568. The SMILES string of the molecule is CCCCC(Cl)OC(=O)[C@@H]1CCCN1. The first-order valence-corrected chi connectivity index (χ1v) is 5.75. The number of rotatable bonds is 5. The summed E-state index contributed by atoms with van der Waals surface area (Å²) in [6, 6.07) is -0.127. The first-order chi connectivity index (χ1) is 6.74. The number of esters is 1. The molecule has 0 aromatic heterocycles. The summed E-state index contributed by atoms with van der Waals surface area (Å²) in [4.78, 5) is 11.4. The summed E-state index contributed by atoms with van der Waals surface area (Å²) < 4.78 is 5.10. The van der Waals surface area contributed by atoms with Gasteiger partial charge in [0.05, 0.1) is 0 Å². The van der Waals surface area contributed by atoms with Gasteiger partial charge in [-0.05, 0) is 32.2 Å². The van der Waals surface area contributed by atoms with Crippen molar-refractivity contribution in [1.29, 1.82) is 0 Å². The monoisotopic (exact) mass is 219 g/mol. The number of carbonyl (C=O) groups is 1. The fourth-order valence-electron chi connectivity index (χ4n) is 1.52. The summed E-state index contributed by atoms with van der Waals surface area (Å²) in [6.07, 6.45) is 4.73. The average molecular weight is 220 g/mol. The summed E-state index contributed by atoms with van der Waals surface area (Å²) in [5, 5.41) is 3.08. The van der Waals surface area contributed by atoms with Gasteiger partial charge in [0.1, 0.15) is 6.04 Å². The molecule has 2 atom stereocenters. The van der Waals surface area contributed by atoms with Crippen LogP contribution in [-0.4, -0.2) is 24.1 Å². The normalized spacial score (nSPS) is 23.4. The number of ether oxygens (including phenoxy) is 1. The maximum absolute atomic E-state index is 11.4. The van der Waals surface area contributed by atoms with Gasteiger partial charge >= 0.3 is 5.97 Å². The Hall–Kier alpha value is -0.280. The molecule has 1 fully saturated rings. The van der Waals surface area contributed by atoms with Crippen LogP contribution in [0.2, 0.25) is 0 Å². The van der Waals surface area contributed by atoms with Crippen LogP contribution >= 0.6 is 11.6 Å². The number of hydrogen-bond acceptors (Lipinski definition) is 3. The number of carbonyl (C=O) groups excluding carboxylic acids is 1. The van der Waals surface area contributed by atoms with E-state index in [4.69, 9.17) is 16.3 Å². The second kappa shape index (κ2) is 6.25. The van der Waals surface area contributed by atoms with Crippen molar-refractivity contribution in [2.24, 2.45) is 0 Å². The minimum atomic E-state index is -0.454. The molecule has 0 aromatic rings. The molecule has 0 bridgehead atoms. The van der Waals surface area contributed by atoms with Gasteiger partial charge in [0.15, 0.2) is 5.56 Å². The van der Waals surface area contributed by atoms with E-state index in [2.05, 4.69) is 12.2 Å². The van der Waals surface area contributed by atoms with Crippen molar-refractivity contribution in [3.8, 4) is 0 Å². The summed E-state index contributed by atoms with van der Waals surface area (Å²) >= 11 is 5.86. The van der Waals surface area contributed by atoms with Gasteiger partial charge in [-0.1, -0.05) is 24.9 Å². The number of alkyl halides is 1. The van der Waals surface area contributed by atoms with Crippen molar-refractivity contribution >= 4 is 17.6 Å². The van der Waals surface area contributed by atoms with Crippen LogP contribution in [0, 0.1) is 0 Å². The predicted molar refractivity (Wildman–Crippen MR) is 56.3 cm³/mol. The van der Waals surface area contributed by atoms with Crippen LogP contribution in [0.1, 0.15) is 39.0 Å². The Morgan fingerprint density at radius 1 is 1.71 bits per heavy atom. The van der Waals surface area contributed by atoms with Gasteiger partial charge in [0, 0.05) is 0 Å². The Labute approximate surface area is 90.1 Å². The second-order valence-corrected chi connectivity index (χ2v) is 4.12. The molecule has 14 heavy (non-hydrogen) atoms. The molecule has 1 saturated heterocycles. The van der Waals surface area contributed by atoms with Crippen LogP contribution in [-0.2, 0) is 9.53 Å². The predicted octanol–water partition coefficient (Wildman–Crippen LogP) is 2.04. The summed E-state index contributed by atoms with van der Waals surface area (Å²) in [7, 11) is 0. The van der Waals surface area contributed by atoms with Crippen LogP contribution in [0.25, 0.3) is 0 Å². The van der Waals surface area contributed by atoms with E-state index in [0.717, 1.165) is 38.6 Å². The molecule has 82 valence electrons. The Balaban J connectivity index is 2.18. The minimum absolute atomic E-state index is 0.127. The van der Waals surface area contributed by atoms with E-state index in [-0.39, 0.29) is 12.0 Å². The highest BCUT2D eigenvalue weighted by Gasteiger charge is 2.25. The zero-order valence-corrected chi connectivity index (χ0v) is 9.35. The first-order valence-electron chi connectivity index (χ1n) is 5.32. The largest absolute Gasteiger partial charge is 0.445 e. The van der Waals surface area contributed by atoms with E-state index < -0.39 is 5.56 Å². The molecule has 3 nitrogen and oxygen atoms in total. The Bertz CT molecular complexity index is 181. The summed E-state index contributed by atoms with van der Waals surface area (Å²) in [6.45, 7) is 2.99. The topological polar surface area (TPSA) is 38.3 Å². The van der Waals surface area contributed by atoms with E-state index in [1.54, 1.807) is 0 Å².